The zero-order chi connectivity index (χ0) is 16.4. The molecule has 0 fully saturated rings. The maximum absolute atomic E-state index is 12.9. The van der Waals surface area contributed by atoms with E-state index in [-0.39, 0.29) is 0 Å². The third-order valence-corrected chi connectivity index (χ3v) is 4.23. The minimum atomic E-state index is -4.31. The summed E-state index contributed by atoms with van der Waals surface area (Å²) in [5.74, 6) is 0.315. The van der Waals surface area contributed by atoms with E-state index in [2.05, 4.69) is 17.5 Å². The summed E-state index contributed by atoms with van der Waals surface area (Å²) in [5.41, 5.74) is 2.39. The van der Waals surface area contributed by atoms with Crippen LogP contribution < -0.4 is 4.90 Å². The highest BCUT2D eigenvalue weighted by molar-refractivity contribution is 5.56. The molecule has 3 rings (SSSR count). The summed E-state index contributed by atoms with van der Waals surface area (Å²) in [7, 11) is 0. The maximum Gasteiger partial charge on any atom is 0.416 e. The SMILES string of the molecule is C=C[C@@H]1Cc2ccccc2N(Cc2cccc(C(F)(F)F)c2)C1. The van der Waals surface area contributed by atoms with Crippen LogP contribution in [0, 0.1) is 5.92 Å². The number of anilines is 1. The Morgan fingerprint density at radius 1 is 1.13 bits per heavy atom. The van der Waals surface area contributed by atoms with Gasteiger partial charge in [0.05, 0.1) is 5.56 Å². The average Bonchev–Trinajstić information content (AvgIpc) is 2.54. The van der Waals surface area contributed by atoms with E-state index in [1.54, 1.807) is 6.07 Å². The van der Waals surface area contributed by atoms with Crippen molar-refractivity contribution in [1.29, 1.82) is 0 Å². The van der Waals surface area contributed by atoms with Crippen LogP contribution in [0.3, 0.4) is 0 Å². The molecule has 0 aromatic heterocycles. The molecule has 0 radical (unpaired) electrons. The molecule has 0 saturated heterocycles. The Labute approximate surface area is 134 Å². The van der Waals surface area contributed by atoms with Gasteiger partial charge in [-0.2, -0.15) is 13.2 Å². The van der Waals surface area contributed by atoms with E-state index < -0.39 is 11.7 Å². The molecule has 1 atom stereocenters. The monoisotopic (exact) mass is 317 g/mol. The summed E-state index contributed by atoms with van der Waals surface area (Å²) >= 11 is 0. The Balaban J connectivity index is 1.89. The van der Waals surface area contributed by atoms with Crippen LogP contribution in [-0.2, 0) is 19.1 Å². The molecule has 0 bridgehead atoms. The quantitative estimate of drug-likeness (QED) is 0.714. The molecular weight excluding hydrogens is 299 g/mol. The van der Waals surface area contributed by atoms with Gasteiger partial charge in [-0.1, -0.05) is 36.4 Å². The molecule has 1 heterocycles. The van der Waals surface area contributed by atoms with Crippen molar-refractivity contribution in [3.63, 3.8) is 0 Å². The molecular formula is C19H18F3N. The molecule has 1 aliphatic heterocycles. The minimum Gasteiger partial charge on any atom is -0.366 e. The van der Waals surface area contributed by atoms with Crippen molar-refractivity contribution in [2.75, 3.05) is 11.4 Å². The van der Waals surface area contributed by atoms with Gasteiger partial charge < -0.3 is 4.90 Å². The van der Waals surface area contributed by atoms with Gasteiger partial charge >= 0.3 is 6.18 Å². The lowest BCUT2D eigenvalue weighted by Gasteiger charge is -2.35. The Hall–Kier alpha value is -2.23. The number of hydrogen-bond acceptors (Lipinski definition) is 1. The van der Waals surface area contributed by atoms with Gasteiger partial charge in [0.2, 0.25) is 0 Å². The van der Waals surface area contributed by atoms with Crippen molar-refractivity contribution in [2.24, 2.45) is 5.92 Å². The van der Waals surface area contributed by atoms with Gasteiger partial charge in [-0.25, -0.2) is 0 Å². The van der Waals surface area contributed by atoms with Crippen LogP contribution in [0.2, 0.25) is 0 Å². The summed E-state index contributed by atoms with van der Waals surface area (Å²) in [6.07, 6.45) is -1.45. The second kappa shape index (κ2) is 6.11. The molecule has 0 aliphatic carbocycles. The van der Waals surface area contributed by atoms with Crippen LogP contribution in [-0.4, -0.2) is 6.54 Å². The van der Waals surface area contributed by atoms with E-state index in [0.717, 1.165) is 24.7 Å². The first-order valence-electron chi connectivity index (χ1n) is 7.59. The van der Waals surface area contributed by atoms with Gasteiger partial charge in [-0.3, -0.25) is 0 Å². The molecule has 0 amide bonds. The zero-order valence-electron chi connectivity index (χ0n) is 12.7. The standard InChI is InChI=1S/C19H18F3N/c1-2-14-10-16-7-3-4-9-18(16)23(12-14)13-15-6-5-8-17(11-15)19(20,21)22/h2-9,11,14H,1,10,12-13H2/t14-/m1/s1. The van der Waals surface area contributed by atoms with Crippen molar-refractivity contribution >= 4 is 5.69 Å². The zero-order valence-corrected chi connectivity index (χ0v) is 12.7. The Bertz CT molecular complexity index is 706. The van der Waals surface area contributed by atoms with Gasteiger partial charge in [0.25, 0.3) is 0 Å². The minimum absolute atomic E-state index is 0.315. The highest BCUT2D eigenvalue weighted by Crippen LogP contribution is 2.33. The lowest BCUT2D eigenvalue weighted by atomic mass is 9.92. The third-order valence-electron chi connectivity index (χ3n) is 4.23. The van der Waals surface area contributed by atoms with Crippen molar-refractivity contribution in [1.82, 2.24) is 0 Å². The molecule has 0 spiro atoms. The lowest BCUT2D eigenvalue weighted by molar-refractivity contribution is -0.137. The highest BCUT2D eigenvalue weighted by atomic mass is 19.4. The normalized spacial score (nSPS) is 17.7. The van der Waals surface area contributed by atoms with E-state index in [1.165, 1.54) is 17.7 Å². The number of halogens is 3. The molecule has 1 nitrogen and oxygen atoms in total. The fourth-order valence-electron chi connectivity index (χ4n) is 3.09. The van der Waals surface area contributed by atoms with Crippen molar-refractivity contribution in [3.8, 4) is 0 Å². The topological polar surface area (TPSA) is 3.24 Å². The molecule has 0 N–H and O–H groups in total. The molecule has 120 valence electrons. The van der Waals surface area contributed by atoms with E-state index in [9.17, 15) is 13.2 Å². The van der Waals surface area contributed by atoms with Crippen LogP contribution >= 0.6 is 0 Å². The Morgan fingerprint density at radius 3 is 2.65 bits per heavy atom. The predicted octanol–water partition coefficient (Wildman–Crippen LogP) is 5.07. The van der Waals surface area contributed by atoms with Gasteiger partial charge in [-0.15, -0.1) is 6.58 Å². The first-order chi connectivity index (χ1) is 11.0. The maximum atomic E-state index is 12.9. The van der Waals surface area contributed by atoms with Gasteiger partial charge in [0, 0.05) is 18.8 Å². The average molecular weight is 317 g/mol. The summed E-state index contributed by atoms with van der Waals surface area (Å²) < 4.78 is 38.6. The van der Waals surface area contributed by atoms with Gasteiger partial charge in [-0.05, 0) is 41.7 Å². The smallest absolute Gasteiger partial charge is 0.366 e. The van der Waals surface area contributed by atoms with Crippen LogP contribution in [0.5, 0.6) is 0 Å². The molecule has 2 aromatic carbocycles. The number of fused-ring (bicyclic) bond motifs is 1. The lowest BCUT2D eigenvalue weighted by Crippen LogP contribution is -2.34. The van der Waals surface area contributed by atoms with Crippen LogP contribution in [0.1, 0.15) is 16.7 Å². The second-order valence-corrected chi connectivity index (χ2v) is 5.91. The summed E-state index contributed by atoms with van der Waals surface area (Å²) in [5, 5.41) is 0. The molecule has 0 saturated carbocycles. The Morgan fingerprint density at radius 2 is 1.91 bits per heavy atom. The van der Waals surface area contributed by atoms with E-state index in [0.29, 0.717) is 18.0 Å². The van der Waals surface area contributed by atoms with Gasteiger partial charge in [0.1, 0.15) is 0 Å². The largest absolute Gasteiger partial charge is 0.416 e. The second-order valence-electron chi connectivity index (χ2n) is 5.91. The molecule has 4 heteroatoms. The van der Waals surface area contributed by atoms with Gasteiger partial charge in [0.15, 0.2) is 0 Å². The van der Waals surface area contributed by atoms with Crippen LogP contribution in [0.15, 0.2) is 61.2 Å². The Kier molecular flexibility index (Phi) is 4.16. The first-order valence-corrected chi connectivity index (χ1v) is 7.59. The van der Waals surface area contributed by atoms with Crippen molar-refractivity contribution in [3.05, 3.63) is 77.9 Å². The number of rotatable bonds is 3. The fraction of sp³-hybridized carbons (Fsp3) is 0.263. The number of hydrogen-bond donors (Lipinski definition) is 0. The first kappa shape index (κ1) is 15.7. The summed E-state index contributed by atoms with van der Waals surface area (Å²) in [4.78, 5) is 2.14. The van der Waals surface area contributed by atoms with E-state index >= 15 is 0 Å². The third kappa shape index (κ3) is 3.41. The van der Waals surface area contributed by atoms with Crippen molar-refractivity contribution < 1.29 is 13.2 Å². The number of benzene rings is 2. The molecule has 1 aliphatic rings. The van der Waals surface area contributed by atoms with E-state index in [4.69, 9.17) is 0 Å². The number of para-hydroxylation sites is 1. The summed E-state index contributed by atoms with van der Waals surface area (Å²) in [6.45, 7) is 5.11. The van der Waals surface area contributed by atoms with Crippen LogP contribution in [0.25, 0.3) is 0 Å². The number of nitrogens with zero attached hydrogens (tertiary/aromatic N) is 1. The fourth-order valence-corrected chi connectivity index (χ4v) is 3.09. The summed E-state index contributed by atoms with van der Waals surface area (Å²) in [6, 6.07) is 13.6. The predicted molar refractivity (Wildman–Crippen MR) is 86.3 cm³/mol. The van der Waals surface area contributed by atoms with Crippen molar-refractivity contribution in [2.45, 2.75) is 19.1 Å². The number of alkyl halides is 3. The molecule has 2 aromatic rings. The molecule has 23 heavy (non-hydrogen) atoms. The van der Waals surface area contributed by atoms with E-state index in [1.807, 2.05) is 24.3 Å². The van der Waals surface area contributed by atoms with Crippen LogP contribution in [0.4, 0.5) is 18.9 Å². The molecule has 0 unspecified atom stereocenters. The highest BCUT2D eigenvalue weighted by Gasteiger charge is 2.30.